The highest BCUT2D eigenvalue weighted by Crippen LogP contribution is 2.28. The Labute approximate surface area is 124 Å². The number of aromatic nitrogens is 3. The van der Waals surface area contributed by atoms with Crippen LogP contribution in [0.15, 0.2) is 24.4 Å². The van der Waals surface area contributed by atoms with E-state index in [2.05, 4.69) is 15.5 Å². The van der Waals surface area contributed by atoms with E-state index in [0.717, 1.165) is 23.8 Å². The van der Waals surface area contributed by atoms with E-state index in [1.165, 1.54) is 25.7 Å². The summed E-state index contributed by atoms with van der Waals surface area (Å²) in [5.41, 5.74) is 0.847. The maximum absolute atomic E-state index is 11.8. The Bertz CT molecular complexity index is 601. The van der Waals surface area contributed by atoms with Gasteiger partial charge in [-0.25, -0.2) is 0 Å². The molecule has 1 saturated carbocycles. The van der Waals surface area contributed by atoms with Crippen molar-refractivity contribution in [2.24, 2.45) is 5.92 Å². The van der Waals surface area contributed by atoms with Crippen LogP contribution in [0, 0.1) is 5.92 Å². The Morgan fingerprint density at radius 2 is 2.14 bits per heavy atom. The Balaban J connectivity index is 1.42. The zero-order valence-corrected chi connectivity index (χ0v) is 12.3. The van der Waals surface area contributed by atoms with Crippen molar-refractivity contribution < 1.29 is 4.79 Å². The van der Waals surface area contributed by atoms with Crippen LogP contribution >= 0.6 is 0 Å². The number of amides is 1. The minimum Gasteiger partial charge on any atom is -0.356 e. The van der Waals surface area contributed by atoms with E-state index in [-0.39, 0.29) is 5.91 Å². The summed E-state index contributed by atoms with van der Waals surface area (Å²) >= 11 is 0. The van der Waals surface area contributed by atoms with E-state index in [0.29, 0.717) is 19.4 Å². The van der Waals surface area contributed by atoms with Gasteiger partial charge in [0.05, 0.1) is 0 Å². The second kappa shape index (κ2) is 6.70. The molecule has 2 heterocycles. The first kappa shape index (κ1) is 14.0. The second-order valence-electron chi connectivity index (χ2n) is 5.83. The van der Waals surface area contributed by atoms with E-state index in [1.54, 1.807) is 0 Å². The van der Waals surface area contributed by atoms with Gasteiger partial charge in [-0.3, -0.25) is 9.20 Å². The summed E-state index contributed by atoms with van der Waals surface area (Å²) in [4.78, 5) is 11.8. The van der Waals surface area contributed by atoms with E-state index >= 15 is 0 Å². The van der Waals surface area contributed by atoms with Gasteiger partial charge >= 0.3 is 0 Å². The van der Waals surface area contributed by atoms with Crippen LogP contribution in [0.1, 0.15) is 44.3 Å². The molecule has 0 spiro atoms. The number of hydrogen-bond donors (Lipinski definition) is 1. The molecule has 0 bridgehead atoms. The van der Waals surface area contributed by atoms with Gasteiger partial charge in [-0.1, -0.05) is 31.7 Å². The van der Waals surface area contributed by atoms with Crippen molar-refractivity contribution in [3.05, 3.63) is 30.2 Å². The van der Waals surface area contributed by atoms with Gasteiger partial charge in [-0.05, 0) is 24.5 Å². The molecule has 0 radical (unpaired) electrons. The van der Waals surface area contributed by atoms with Crippen LogP contribution in [-0.4, -0.2) is 27.0 Å². The fourth-order valence-electron chi connectivity index (χ4n) is 3.10. The van der Waals surface area contributed by atoms with Crippen molar-refractivity contribution in [1.82, 2.24) is 19.9 Å². The molecular formula is C16H22N4O. The van der Waals surface area contributed by atoms with Gasteiger partial charge < -0.3 is 5.32 Å². The zero-order chi connectivity index (χ0) is 14.5. The normalized spacial score (nSPS) is 15.6. The minimum absolute atomic E-state index is 0.163. The third kappa shape index (κ3) is 3.60. The number of hydrogen-bond acceptors (Lipinski definition) is 3. The quantitative estimate of drug-likeness (QED) is 0.887. The fourth-order valence-corrected chi connectivity index (χ4v) is 3.10. The first-order valence-electron chi connectivity index (χ1n) is 7.88. The van der Waals surface area contributed by atoms with Crippen molar-refractivity contribution in [1.29, 1.82) is 0 Å². The second-order valence-corrected chi connectivity index (χ2v) is 5.83. The van der Waals surface area contributed by atoms with E-state index in [1.807, 2.05) is 28.8 Å². The van der Waals surface area contributed by atoms with Crippen LogP contribution in [0.4, 0.5) is 0 Å². The molecule has 0 saturated heterocycles. The molecule has 3 rings (SSSR count). The first-order valence-corrected chi connectivity index (χ1v) is 7.88. The third-order valence-electron chi connectivity index (χ3n) is 4.31. The molecule has 21 heavy (non-hydrogen) atoms. The molecule has 1 aliphatic rings. The average Bonchev–Trinajstić information content (AvgIpc) is 3.15. The highest BCUT2D eigenvalue weighted by molar-refractivity contribution is 5.75. The molecule has 0 aliphatic heterocycles. The van der Waals surface area contributed by atoms with Crippen LogP contribution in [0.2, 0.25) is 0 Å². The lowest BCUT2D eigenvalue weighted by Crippen LogP contribution is -2.26. The SMILES string of the molecule is O=C(CCC1CCCC1)NCCc1nnc2ccccn12. The number of rotatable bonds is 6. The molecule has 1 aliphatic carbocycles. The molecule has 112 valence electrons. The van der Waals surface area contributed by atoms with Crippen LogP contribution < -0.4 is 5.32 Å². The lowest BCUT2D eigenvalue weighted by molar-refractivity contribution is -0.121. The molecule has 0 aromatic carbocycles. The lowest BCUT2D eigenvalue weighted by Gasteiger charge is -2.08. The molecular weight excluding hydrogens is 264 g/mol. The minimum atomic E-state index is 0.163. The summed E-state index contributed by atoms with van der Waals surface area (Å²) in [6.45, 7) is 0.624. The highest BCUT2D eigenvalue weighted by Gasteiger charge is 2.16. The summed E-state index contributed by atoms with van der Waals surface area (Å²) in [5.74, 6) is 1.83. The van der Waals surface area contributed by atoms with Gasteiger partial charge in [-0.15, -0.1) is 10.2 Å². The largest absolute Gasteiger partial charge is 0.356 e. The van der Waals surface area contributed by atoms with Crippen LogP contribution in [0.3, 0.4) is 0 Å². The van der Waals surface area contributed by atoms with Crippen molar-refractivity contribution in [3.8, 4) is 0 Å². The predicted molar refractivity (Wildman–Crippen MR) is 80.9 cm³/mol. The number of carbonyl (C=O) groups excluding carboxylic acids is 1. The molecule has 1 N–H and O–H groups in total. The Kier molecular flexibility index (Phi) is 4.48. The Morgan fingerprint density at radius 1 is 1.29 bits per heavy atom. The van der Waals surface area contributed by atoms with E-state index in [9.17, 15) is 4.79 Å². The fraction of sp³-hybridized carbons (Fsp3) is 0.562. The molecule has 1 amide bonds. The molecule has 0 unspecified atom stereocenters. The van der Waals surface area contributed by atoms with Crippen LogP contribution in [0.5, 0.6) is 0 Å². The maximum Gasteiger partial charge on any atom is 0.220 e. The van der Waals surface area contributed by atoms with Gasteiger partial charge in [0, 0.05) is 25.6 Å². The number of pyridine rings is 1. The molecule has 0 atom stereocenters. The molecule has 5 heteroatoms. The number of carbonyl (C=O) groups is 1. The Morgan fingerprint density at radius 3 is 3.00 bits per heavy atom. The summed E-state index contributed by atoms with van der Waals surface area (Å²) < 4.78 is 1.96. The maximum atomic E-state index is 11.8. The predicted octanol–water partition coefficient (Wildman–Crippen LogP) is 2.36. The van der Waals surface area contributed by atoms with Gasteiger partial charge in [0.15, 0.2) is 5.65 Å². The van der Waals surface area contributed by atoms with E-state index < -0.39 is 0 Å². The lowest BCUT2D eigenvalue weighted by atomic mass is 10.0. The summed E-state index contributed by atoms with van der Waals surface area (Å²) in [6.07, 6.45) is 9.65. The van der Waals surface area contributed by atoms with Crippen LogP contribution in [-0.2, 0) is 11.2 Å². The van der Waals surface area contributed by atoms with Gasteiger partial charge in [-0.2, -0.15) is 0 Å². The highest BCUT2D eigenvalue weighted by atomic mass is 16.1. The molecule has 5 nitrogen and oxygen atoms in total. The third-order valence-corrected chi connectivity index (χ3v) is 4.31. The van der Waals surface area contributed by atoms with Crippen molar-refractivity contribution in [3.63, 3.8) is 0 Å². The summed E-state index contributed by atoms with van der Waals surface area (Å²) in [6, 6.07) is 5.83. The van der Waals surface area contributed by atoms with Crippen LogP contribution in [0.25, 0.3) is 5.65 Å². The number of fused-ring (bicyclic) bond motifs is 1. The van der Waals surface area contributed by atoms with Gasteiger partial charge in [0.1, 0.15) is 5.82 Å². The molecule has 1 fully saturated rings. The summed E-state index contributed by atoms with van der Waals surface area (Å²) in [5, 5.41) is 11.3. The zero-order valence-electron chi connectivity index (χ0n) is 12.3. The summed E-state index contributed by atoms with van der Waals surface area (Å²) in [7, 11) is 0. The monoisotopic (exact) mass is 286 g/mol. The molecule has 2 aromatic rings. The molecule has 2 aromatic heterocycles. The van der Waals surface area contributed by atoms with Gasteiger partial charge in [0.25, 0.3) is 0 Å². The Hall–Kier alpha value is -1.91. The number of nitrogens with one attached hydrogen (secondary N) is 1. The standard InChI is InChI=1S/C16H22N4O/c21-16(9-8-13-5-1-2-6-13)17-11-10-15-19-18-14-7-3-4-12-20(14)15/h3-4,7,12-13H,1-2,5-6,8-11H2,(H,17,21). The van der Waals surface area contributed by atoms with Crippen molar-refractivity contribution >= 4 is 11.6 Å². The van der Waals surface area contributed by atoms with Gasteiger partial charge in [0.2, 0.25) is 5.91 Å². The average molecular weight is 286 g/mol. The van der Waals surface area contributed by atoms with Crippen molar-refractivity contribution in [2.75, 3.05) is 6.54 Å². The van der Waals surface area contributed by atoms with E-state index in [4.69, 9.17) is 0 Å². The topological polar surface area (TPSA) is 59.3 Å². The smallest absolute Gasteiger partial charge is 0.220 e. The first-order chi connectivity index (χ1) is 10.3. The van der Waals surface area contributed by atoms with Crippen molar-refractivity contribution in [2.45, 2.75) is 44.9 Å². The number of nitrogens with zero attached hydrogens (tertiary/aromatic N) is 3.